The molecule has 0 radical (unpaired) electrons. The van der Waals surface area contributed by atoms with Crippen molar-refractivity contribution in [3.05, 3.63) is 60.2 Å². The molecule has 24 heavy (non-hydrogen) atoms. The lowest BCUT2D eigenvalue weighted by Gasteiger charge is -2.38. The summed E-state index contributed by atoms with van der Waals surface area (Å²) in [4.78, 5) is 14.7. The average Bonchev–Trinajstić information content (AvgIpc) is 2.62. The van der Waals surface area contributed by atoms with Crippen LogP contribution in [0.2, 0.25) is 0 Å². The van der Waals surface area contributed by atoms with Gasteiger partial charge in [0.2, 0.25) is 0 Å². The van der Waals surface area contributed by atoms with E-state index in [1.54, 1.807) is 0 Å². The SMILES string of the molecule is CC[C@@H]1CO[C@@H](C)CN1C(=O)c1ccc(Oc2ccccc2)cc1. The number of benzene rings is 2. The number of ether oxygens (including phenoxy) is 2. The van der Waals surface area contributed by atoms with E-state index in [1.807, 2.05) is 66.4 Å². The van der Waals surface area contributed by atoms with E-state index in [2.05, 4.69) is 6.92 Å². The minimum Gasteiger partial charge on any atom is -0.457 e. The second kappa shape index (κ2) is 7.49. The quantitative estimate of drug-likeness (QED) is 0.849. The fourth-order valence-corrected chi connectivity index (χ4v) is 2.89. The molecule has 2 atom stereocenters. The van der Waals surface area contributed by atoms with Gasteiger partial charge in [0.15, 0.2) is 0 Å². The summed E-state index contributed by atoms with van der Waals surface area (Å²) in [7, 11) is 0. The topological polar surface area (TPSA) is 38.8 Å². The monoisotopic (exact) mass is 325 g/mol. The van der Waals surface area contributed by atoms with E-state index in [4.69, 9.17) is 9.47 Å². The van der Waals surface area contributed by atoms with Gasteiger partial charge in [-0.2, -0.15) is 0 Å². The minimum absolute atomic E-state index is 0.0586. The summed E-state index contributed by atoms with van der Waals surface area (Å²) in [6.07, 6.45) is 0.977. The summed E-state index contributed by atoms with van der Waals surface area (Å²) < 4.78 is 11.4. The lowest BCUT2D eigenvalue weighted by Crippen LogP contribution is -2.51. The van der Waals surface area contributed by atoms with Crippen LogP contribution in [0.25, 0.3) is 0 Å². The van der Waals surface area contributed by atoms with Crippen molar-refractivity contribution < 1.29 is 14.3 Å². The van der Waals surface area contributed by atoms with Crippen molar-refractivity contribution in [2.24, 2.45) is 0 Å². The Bertz CT molecular complexity index is 669. The molecule has 1 amide bonds. The number of carbonyl (C=O) groups excluding carboxylic acids is 1. The maximum absolute atomic E-state index is 12.8. The average molecular weight is 325 g/mol. The molecular formula is C20H23NO3. The standard InChI is InChI=1S/C20H23NO3/c1-3-17-14-23-15(2)13-21(17)20(22)16-9-11-19(12-10-16)24-18-7-5-4-6-8-18/h4-12,15,17H,3,13-14H2,1-2H3/t15-,17+/m0/s1. The number of nitrogens with zero attached hydrogens (tertiary/aromatic N) is 1. The Morgan fingerprint density at radius 1 is 1.12 bits per heavy atom. The third-order valence-electron chi connectivity index (χ3n) is 4.28. The van der Waals surface area contributed by atoms with Gasteiger partial charge in [-0.15, -0.1) is 0 Å². The highest BCUT2D eigenvalue weighted by Gasteiger charge is 2.29. The molecule has 1 heterocycles. The normalized spacial score (nSPS) is 20.7. The third-order valence-corrected chi connectivity index (χ3v) is 4.28. The van der Waals surface area contributed by atoms with Crippen molar-refractivity contribution in [1.82, 2.24) is 4.90 Å². The zero-order chi connectivity index (χ0) is 16.9. The van der Waals surface area contributed by atoms with E-state index in [9.17, 15) is 4.79 Å². The largest absolute Gasteiger partial charge is 0.457 e. The lowest BCUT2D eigenvalue weighted by molar-refractivity contribution is -0.0444. The smallest absolute Gasteiger partial charge is 0.254 e. The van der Waals surface area contributed by atoms with Gasteiger partial charge in [-0.3, -0.25) is 4.79 Å². The molecular weight excluding hydrogens is 302 g/mol. The van der Waals surface area contributed by atoms with E-state index in [0.717, 1.165) is 17.9 Å². The summed E-state index contributed by atoms with van der Waals surface area (Å²) >= 11 is 0. The van der Waals surface area contributed by atoms with Crippen molar-refractivity contribution in [2.45, 2.75) is 32.4 Å². The molecule has 0 bridgehead atoms. The third kappa shape index (κ3) is 3.77. The van der Waals surface area contributed by atoms with Gasteiger partial charge in [0, 0.05) is 12.1 Å². The Balaban J connectivity index is 1.71. The number of rotatable bonds is 4. The molecule has 126 valence electrons. The molecule has 1 aliphatic heterocycles. The molecule has 2 aromatic carbocycles. The van der Waals surface area contributed by atoms with Crippen LogP contribution in [0.5, 0.6) is 11.5 Å². The first kappa shape index (κ1) is 16.5. The van der Waals surface area contributed by atoms with Crippen LogP contribution in [0.15, 0.2) is 54.6 Å². The Hall–Kier alpha value is -2.33. The highest BCUT2D eigenvalue weighted by molar-refractivity contribution is 5.94. The molecule has 2 aromatic rings. The molecule has 1 fully saturated rings. The Kier molecular flexibility index (Phi) is 5.16. The highest BCUT2D eigenvalue weighted by atomic mass is 16.5. The van der Waals surface area contributed by atoms with Gasteiger partial charge < -0.3 is 14.4 Å². The number of hydrogen-bond acceptors (Lipinski definition) is 3. The van der Waals surface area contributed by atoms with Gasteiger partial charge >= 0.3 is 0 Å². The maximum atomic E-state index is 12.8. The predicted molar refractivity (Wildman–Crippen MR) is 93.5 cm³/mol. The second-order valence-corrected chi connectivity index (χ2v) is 6.10. The first-order valence-corrected chi connectivity index (χ1v) is 8.43. The Morgan fingerprint density at radius 2 is 1.79 bits per heavy atom. The number of amides is 1. The van der Waals surface area contributed by atoms with Crippen LogP contribution in [0.1, 0.15) is 30.6 Å². The molecule has 0 N–H and O–H groups in total. The zero-order valence-electron chi connectivity index (χ0n) is 14.1. The van der Waals surface area contributed by atoms with Crippen molar-refractivity contribution in [2.75, 3.05) is 13.2 Å². The fourth-order valence-electron chi connectivity index (χ4n) is 2.89. The zero-order valence-corrected chi connectivity index (χ0v) is 14.1. The Morgan fingerprint density at radius 3 is 2.46 bits per heavy atom. The van der Waals surface area contributed by atoms with Crippen molar-refractivity contribution in [1.29, 1.82) is 0 Å². The van der Waals surface area contributed by atoms with Crippen LogP contribution in [0.4, 0.5) is 0 Å². The predicted octanol–water partition coefficient (Wildman–Crippen LogP) is 4.12. The molecule has 0 aliphatic carbocycles. The van der Waals surface area contributed by atoms with Crippen LogP contribution in [0, 0.1) is 0 Å². The first-order valence-electron chi connectivity index (χ1n) is 8.43. The molecule has 4 heteroatoms. The summed E-state index contributed by atoms with van der Waals surface area (Å²) in [6.45, 7) is 5.34. The van der Waals surface area contributed by atoms with Crippen LogP contribution >= 0.6 is 0 Å². The van der Waals surface area contributed by atoms with E-state index in [-0.39, 0.29) is 18.1 Å². The molecule has 0 unspecified atom stereocenters. The van der Waals surface area contributed by atoms with Crippen molar-refractivity contribution in [3.8, 4) is 11.5 Å². The Labute approximate surface area is 143 Å². The molecule has 1 aliphatic rings. The molecule has 3 rings (SSSR count). The summed E-state index contributed by atoms with van der Waals surface area (Å²) in [5, 5.41) is 0. The molecule has 1 saturated heterocycles. The van der Waals surface area contributed by atoms with Gasteiger partial charge in [0.25, 0.3) is 5.91 Å². The van der Waals surface area contributed by atoms with Crippen LogP contribution in [-0.2, 0) is 4.74 Å². The summed E-state index contributed by atoms with van der Waals surface area (Å²) in [6, 6.07) is 17.1. The van der Waals surface area contributed by atoms with Gasteiger partial charge in [-0.25, -0.2) is 0 Å². The number of carbonyl (C=O) groups is 1. The maximum Gasteiger partial charge on any atom is 0.254 e. The van der Waals surface area contributed by atoms with Crippen molar-refractivity contribution >= 4 is 5.91 Å². The second-order valence-electron chi connectivity index (χ2n) is 6.10. The van der Waals surface area contributed by atoms with E-state index in [1.165, 1.54) is 0 Å². The summed E-state index contributed by atoms with van der Waals surface area (Å²) in [5.74, 6) is 1.56. The number of hydrogen-bond donors (Lipinski definition) is 0. The van der Waals surface area contributed by atoms with Crippen molar-refractivity contribution in [3.63, 3.8) is 0 Å². The highest BCUT2D eigenvalue weighted by Crippen LogP contribution is 2.23. The number of morpholine rings is 1. The molecule has 0 aromatic heterocycles. The van der Waals surface area contributed by atoms with Crippen LogP contribution in [-0.4, -0.2) is 36.1 Å². The van der Waals surface area contributed by atoms with Gasteiger partial charge in [0.1, 0.15) is 11.5 Å². The van der Waals surface area contributed by atoms with Gasteiger partial charge in [-0.1, -0.05) is 25.1 Å². The van der Waals surface area contributed by atoms with Gasteiger partial charge in [-0.05, 0) is 49.7 Å². The summed E-state index contributed by atoms with van der Waals surface area (Å²) in [5.41, 5.74) is 0.683. The van der Waals surface area contributed by atoms with E-state index >= 15 is 0 Å². The van der Waals surface area contributed by atoms with E-state index < -0.39 is 0 Å². The lowest BCUT2D eigenvalue weighted by atomic mass is 10.1. The fraction of sp³-hybridized carbons (Fsp3) is 0.350. The van der Waals surface area contributed by atoms with E-state index in [0.29, 0.717) is 18.7 Å². The van der Waals surface area contributed by atoms with Gasteiger partial charge in [0.05, 0.1) is 18.8 Å². The van der Waals surface area contributed by atoms with Crippen LogP contribution < -0.4 is 4.74 Å². The number of para-hydroxylation sites is 1. The minimum atomic E-state index is 0.0586. The molecule has 0 spiro atoms. The van der Waals surface area contributed by atoms with Crippen LogP contribution in [0.3, 0.4) is 0 Å². The molecule has 4 nitrogen and oxygen atoms in total. The first-order chi connectivity index (χ1) is 11.7. The molecule has 0 saturated carbocycles.